The molecule has 0 saturated carbocycles. The van der Waals surface area contributed by atoms with Gasteiger partial charge in [-0.1, -0.05) is 11.2 Å². The van der Waals surface area contributed by atoms with Gasteiger partial charge in [0.1, 0.15) is 11.5 Å². The standard InChI is InChI=1S/C14H14N6O2S/c1-8-4-3-5-11(16-8)19-14-18-10(7-23-14)13(21)15-6-12-17-9(2)20-22-12/h3-5,7H,6H2,1-2H3,(H,15,21)(H,16,18,19). The largest absolute Gasteiger partial charge is 0.342 e. The molecule has 0 aliphatic rings. The molecule has 2 N–H and O–H groups in total. The van der Waals surface area contributed by atoms with E-state index in [1.807, 2.05) is 25.1 Å². The fraction of sp³-hybridized carbons (Fsp3) is 0.214. The quantitative estimate of drug-likeness (QED) is 0.738. The first kappa shape index (κ1) is 15.1. The molecule has 118 valence electrons. The molecular formula is C14H14N6O2S. The summed E-state index contributed by atoms with van der Waals surface area (Å²) < 4.78 is 4.93. The van der Waals surface area contributed by atoms with Crippen LogP contribution in [0.25, 0.3) is 0 Å². The molecule has 3 heterocycles. The fourth-order valence-electron chi connectivity index (χ4n) is 1.82. The first-order chi connectivity index (χ1) is 11.1. The molecule has 0 bridgehead atoms. The van der Waals surface area contributed by atoms with Crippen molar-refractivity contribution in [2.24, 2.45) is 0 Å². The van der Waals surface area contributed by atoms with E-state index in [9.17, 15) is 4.79 Å². The molecule has 0 aliphatic heterocycles. The number of hydrogen-bond acceptors (Lipinski definition) is 8. The number of aryl methyl sites for hydroxylation is 2. The van der Waals surface area contributed by atoms with Gasteiger partial charge in [-0.3, -0.25) is 4.79 Å². The predicted octanol–water partition coefficient (Wildman–Crippen LogP) is 2.21. The summed E-state index contributed by atoms with van der Waals surface area (Å²) in [5.41, 5.74) is 1.22. The second kappa shape index (κ2) is 6.53. The average molecular weight is 330 g/mol. The lowest BCUT2D eigenvalue weighted by Gasteiger charge is -2.02. The minimum atomic E-state index is -0.303. The van der Waals surface area contributed by atoms with Gasteiger partial charge in [-0.2, -0.15) is 4.98 Å². The predicted molar refractivity (Wildman–Crippen MR) is 84.6 cm³/mol. The number of nitrogens with zero attached hydrogens (tertiary/aromatic N) is 4. The Labute approximate surface area is 136 Å². The van der Waals surface area contributed by atoms with Gasteiger partial charge in [0.25, 0.3) is 5.91 Å². The number of thiazole rings is 1. The lowest BCUT2D eigenvalue weighted by Crippen LogP contribution is -2.23. The van der Waals surface area contributed by atoms with Crippen LogP contribution in [0.4, 0.5) is 10.9 Å². The summed E-state index contributed by atoms with van der Waals surface area (Å²) in [5.74, 6) is 1.27. The number of aromatic nitrogens is 4. The summed E-state index contributed by atoms with van der Waals surface area (Å²) in [5, 5.41) is 11.7. The zero-order chi connectivity index (χ0) is 16.2. The summed E-state index contributed by atoms with van der Waals surface area (Å²) >= 11 is 1.33. The number of hydrogen-bond donors (Lipinski definition) is 2. The SMILES string of the molecule is Cc1cccc(Nc2nc(C(=O)NCc3nc(C)no3)cs2)n1. The highest BCUT2D eigenvalue weighted by atomic mass is 32.1. The van der Waals surface area contributed by atoms with Crippen LogP contribution in [0.5, 0.6) is 0 Å². The van der Waals surface area contributed by atoms with Crippen molar-refractivity contribution in [2.45, 2.75) is 20.4 Å². The maximum atomic E-state index is 12.0. The molecule has 0 spiro atoms. The molecule has 3 rings (SSSR count). The maximum absolute atomic E-state index is 12.0. The van der Waals surface area contributed by atoms with Gasteiger partial charge < -0.3 is 15.2 Å². The molecule has 23 heavy (non-hydrogen) atoms. The monoisotopic (exact) mass is 330 g/mol. The Kier molecular flexibility index (Phi) is 4.29. The summed E-state index contributed by atoms with van der Waals surface area (Å²) in [6, 6.07) is 5.65. The Hall–Kier alpha value is -2.81. The zero-order valence-corrected chi connectivity index (χ0v) is 13.3. The topological polar surface area (TPSA) is 106 Å². The molecule has 0 saturated heterocycles. The van der Waals surface area contributed by atoms with Crippen LogP contribution in [0.2, 0.25) is 0 Å². The third kappa shape index (κ3) is 3.89. The van der Waals surface area contributed by atoms with E-state index >= 15 is 0 Å². The maximum Gasteiger partial charge on any atom is 0.271 e. The minimum absolute atomic E-state index is 0.166. The molecule has 0 aliphatic carbocycles. The van der Waals surface area contributed by atoms with Crippen molar-refractivity contribution in [3.05, 3.63) is 46.7 Å². The molecule has 0 aromatic carbocycles. The normalized spacial score (nSPS) is 10.5. The van der Waals surface area contributed by atoms with Crippen LogP contribution in [0, 0.1) is 13.8 Å². The molecule has 3 aromatic heterocycles. The zero-order valence-electron chi connectivity index (χ0n) is 12.5. The molecule has 9 heteroatoms. The molecule has 0 unspecified atom stereocenters. The molecule has 0 fully saturated rings. The molecule has 0 radical (unpaired) electrons. The Morgan fingerprint density at radius 3 is 2.87 bits per heavy atom. The number of carbonyl (C=O) groups is 1. The first-order valence-corrected chi connectivity index (χ1v) is 7.72. The van der Waals surface area contributed by atoms with Gasteiger partial charge in [0.15, 0.2) is 11.0 Å². The molecule has 8 nitrogen and oxygen atoms in total. The summed E-state index contributed by atoms with van der Waals surface area (Å²) in [6.45, 7) is 3.79. The highest BCUT2D eigenvalue weighted by molar-refractivity contribution is 7.14. The van der Waals surface area contributed by atoms with Gasteiger partial charge in [-0.15, -0.1) is 11.3 Å². The van der Waals surface area contributed by atoms with Crippen LogP contribution in [0.1, 0.15) is 27.9 Å². The second-order valence-corrected chi connectivity index (χ2v) is 5.60. The summed E-state index contributed by atoms with van der Waals surface area (Å²) in [7, 11) is 0. The van der Waals surface area contributed by atoms with Gasteiger partial charge in [0, 0.05) is 11.1 Å². The van der Waals surface area contributed by atoms with Crippen LogP contribution in [-0.2, 0) is 6.54 Å². The van der Waals surface area contributed by atoms with Crippen LogP contribution < -0.4 is 10.6 Å². The van der Waals surface area contributed by atoms with E-state index in [1.54, 1.807) is 12.3 Å². The van der Waals surface area contributed by atoms with Gasteiger partial charge in [-0.05, 0) is 26.0 Å². The number of pyridine rings is 1. The smallest absolute Gasteiger partial charge is 0.271 e. The van der Waals surface area contributed by atoms with Gasteiger partial charge >= 0.3 is 0 Å². The molecule has 3 aromatic rings. The first-order valence-electron chi connectivity index (χ1n) is 6.84. The molecule has 0 atom stereocenters. The van der Waals surface area contributed by atoms with Crippen LogP contribution in [-0.4, -0.2) is 26.0 Å². The van der Waals surface area contributed by atoms with E-state index in [0.717, 1.165) is 5.69 Å². The van der Waals surface area contributed by atoms with Crippen LogP contribution in [0.15, 0.2) is 28.1 Å². The van der Waals surface area contributed by atoms with Crippen molar-refractivity contribution in [1.82, 2.24) is 25.4 Å². The molecular weight excluding hydrogens is 316 g/mol. The summed E-state index contributed by atoms with van der Waals surface area (Å²) in [6.07, 6.45) is 0. The minimum Gasteiger partial charge on any atom is -0.342 e. The Bertz CT molecular complexity index is 828. The van der Waals surface area contributed by atoms with Crippen molar-refractivity contribution in [3.8, 4) is 0 Å². The highest BCUT2D eigenvalue weighted by Gasteiger charge is 2.12. The number of rotatable bonds is 5. The highest BCUT2D eigenvalue weighted by Crippen LogP contribution is 2.19. The fourth-order valence-corrected chi connectivity index (χ4v) is 2.51. The van der Waals surface area contributed by atoms with E-state index in [2.05, 4.69) is 30.7 Å². The van der Waals surface area contributed by atoms with E-state index in [0.29, 0.717) is 28.4 Å². The summed E-state index contributed by atoms with van der Waals surface area (Å²) in [4.78, 5) is 24.6. The van der Waals surface area contributed by atoms with Crippen molar-refractivity contribution in [2.75, 3.05) is 5.32 Å². The second-order valence-electron chi connectivity index (χ2n) is 4.75. The lowest BCUT2D eigenvalue weighted by molar-refractivity contribution is 0.0942. The Morgan fingerprint density at radius 1 is 1.26 bits per heavy atom. The van der Waals surface area contributed by atoms with E-state index < -0.39 is 0 Å². The molecule has 1 amide bonds. The Morgan fingerprint density at radius 2 is 2.13 bits per heavy atom. The Balaban J connectivity index is 1.60. The van der Waals surface area contributed by atoms with E-state index in [-0.39, 0.29) is 12.5 Å². The van der Waals surface area contributed by atoms with E-state index in [1.165, 1.54) is 11.3 Å². The third-order valence-electron chi connectivity index (χ3n) is 2.83. The van der Waals surface area contributed by atoms with Crippen LogP contribution in [0.3, 0.4) is 0 Å². The number of anilines is 2. The van der Waals surface area contributed by atoms with Crippen molar-refractivity contribution < 1.29 is 9.32 Å². The van der Waals surface area contributed by atoms with Gasteiger partial charge in [0.2, 0.25) is 5.89 Å². The van der Waals surface area contributed by atoms with Crippen molar-refractivity contribution in [1.29, 1.82) is 0 Å². The van der Waals surface area contributed by atoms with Crippen LogP contribution >= 0.6 is 11.3 Å². The number of amides is 1. The average Bonchev–Trinajstić information content (AvgIpc) is 3.14. The van der Waals surface area contributed by atoms with Crippen molar-refractivity contribution in [3.63, 3.8) is 0 Å². The number of carbonyl (C=O) groups excluding carboxylic acids is 1. The third-order valence-corrected chi connectivity index (χ3v) is 3.59. The van der Waals surface area contributed by atoms with E-state index in [4.69, 9.17) is 4.52 Å². The number of nitrogens with one attached hydrogen (secondary N) is 2. The van der Waals surface area contributed by atoms with Gasteiger partial charge in [-0.25, -0.2) is 9.97 Å². The lowest BCUT2D eigenvalue weighted by atomic mass is 10.4. The van der Waals surface area contributed by atoms with Gasteiger partial charge in [0.05, 0.1) is 6.54 Å². The van der Waals surface area contributed by atoms with Crippen molar-refractivity contribution >= 4 is 28.2 Å².